The monoisotopic (exact) mass is 428 g/mol. The quantitative estimate of drug-likeness (QED) is 0.252. The number of anilines is 2. The highest BCUT2D eigenvalue weighted by molar-refractivity contribution is 7.80. The lowest BCUT2D eigenvalue weighted by Gasteiger charge is -2.09. The second-order valence-corrected chi connectivity index (χ2v) is 7.14. The SMILES string of the molecule is CCOC(=O)c1cc(-c2ccccc2)sc1NC(=S)Nc1ccc([N+](=O)[O-])cn1. The Morgan fingerprint density at radius 3 is 2.62 bits per heavy atom. The van der Waals surface area contributed by atoms with E-state index in [1.807, 2.05) is 30.3 Å². The molecular formula is C19H16N4O4S2. The fourth-order valence-electron chi connectivity index (χ4n) is 2.41. The van der Waals surface area contributed by atoms with E-state index in [4.69, 9.17) is 17.0 Å². The van der Waals surface area contributed by atoms with Gasteiger partial charge in [0.25, 0.3) is 5.69 Å². The Morgan fingerprint density at radius 2 is 2.00 bits per heavy atom. The number of nitrogens with one attached hydrogen (secondary N) is 2. The number of hydrogen-bond acceptors (Lipinski definition) is 7. The summed E-state index contributed by atoms with van der Waals surface area (Å²) >= 11 is 6.66. The smallest absolute Gasteiger partial charge is 0.341 e. The summed E-state index contributed by atoms with van der Waals surface area (Å²) in [7, 11) is 0. The molecule has 2 heterocycles. The summed E-state index contributed by atoms with van der Waals surface area (Å²) in [4.78, 5) is 27.4. The van der Waals surface area contributed by atoms with Crippen LogP contribution in [-0.2, 0) is 4.74 Å². The molecule has 0 spiro atoms. The molecule has 3 aromatic rings. The van der Waals surface area contributed by atoms with E-state index in [-0.39, 0.29) is 17.4 Å². The third-order valence-electron chi connectivity index (χ3n) is 3.71. The Bertz CT molecular complexity index is 1040. The number of carbonyl (C=O) groups excluding carboxylic acids is 1. The molecule has 8 nitrogen and oxygen atoms in total. The lowest BCUT2D eigenvalue weighted by Crippen LogP contribution is -2.20. The fourth-order valence-corrected chi connectivity index (χ4v) is 3.73. The van der Waals surface area contributed by atoms with E-state index >= 15 is 0 Å². The van der Waals surface area contributed by atoms with E-state index in [1.165, 1.54) is 23.5 Å². The van der Waals surface area contributed by atoms with Crippen molar-refractivity contribution in [3.05, 3.63) is 70.4 Å². The minimum absolute atomic E-state index is 0.121. The van der Waals surface area contributed by atoms with Crippen molar-refractivity contribution in [2.45, 2.75) is 6.92 Å². The zero-order valence-electron chi connectivity index (χ0n) is 15.2. The predicted molar refractivity (Wildman–Crippen MR) is 116 cm³/mol. The number of thiophene rings is 1. The minimum Gasteiger partial charge on any atom is -0.462 e. The number of benzene rings is 1. The average molecular weight is 428 g/mol. The Morgan fingerprint density at radius 1 is 1.24 bits per heavy atom. The van der Waals surface area contributed by atoms with Crippen molar-refractivity contribution in [3.63, 3.8) is 0 Å². The third kappa shape index (κ3) is 5.12. The number of thiocarbonyl (C=S) groups is 1. The van der Waals surface area contributed by atoms with Gasteiger partial charge in [0, 0.05) is 10.9 Å². The maximum Gasteiger partial charge on any atom is 0.341 e. The van der Waals surface area contributed by atoms with Gasteiger partial charge in [-0.25, -0.2) is 9.78 Å². The Labute approximate surface area is 175 Å². The molecule has 29 heavy (non-hydrogen) atoms. The first kappa shape index (κ1) is 20.4. The van der Waals surface area contributed by atoms with Gasteiger partial charge in [-0.3, -0.25) is 10.1 Å². The fraction of sp³-hybridized carbons (Fsp3) is 0.105. The van der Waals surface area contributed by atoms with Crippen LogP contribution >= 0.6 is 23.6 Å². The number of nitrogens with zero attached hydrogens (tertiary/aromatic N) is 2. The Balaban J connectivity index is 1.80. The summed E-state index contributed by atoms with van der Waals surface area (Å²) < 4.78 is 5.14. The van der Waals surface area contributed by atoms with E-state index in [0.29, 0.717) is 16.4 Å². The first-order chi connectivity index (χ1) is 14.0. The van der Waals surface area contributed by atoms with Crippen LogP contribution in [0.4, 0.5) is 16.5 Å². The Hall–Kier alpha value is -3.37. The molecule has 0 aliphatic carbocycles. The highest BCUT2D eigenvalue weighted by Gasteiger charge is 2.19. The van der Waals surface area contributed by atoms with Crippen molar-refractivity contribution >= 4 is 51.1 Å². The first-order valence-electron chi connectivity index (χ1n) is 8.52. The summed E-state index contributed by atoms with van der Waals surface area (Å²) in [6, 6.07) is 14.2. The van der Waals surface area contributed by atoms with Gasteiger partial charge in [0.15, 0.2) is 5.11 Å². The van der Waals surface area contributed by atoms with E-state index in [9.17, 15) is 14.9 Å². The molecule has 1 aromatic carbocycles. The molecule has 0 unspecified atom stereocenters. The second kappa shape index (κ2) is 9.22. The van der Waals surface area contributed by atoms with Crippen molar-refractivity contribution in [3.8, 4) is 10.4 Å². The van der Waals surface area contributed by atoms with Crippen molar-refractivity contribution in [2.75, 3.05) is 17.2 Å². The molecule has 0 amide bonds. The molecule has 3 rings (SSSR count). The van der Waals surface area contributed by atoms with Crippen molar-refractivity contribution < 1.29 is 14.5 Å². The number of rotatable bonds is 6. The van der Waals surface area contributed by atoms with Gasteiger partial charge in [0.2, 0.25) is 0 Å². The molecule has 0 saturated carbocycles. The molecule has 2 aromatic heterocycles. The Kier molecular flexibility index (Phi) is 6.47. The van der Waals surface area contributed by atoms with E-state index in [0.717, 1.165) is 16.6 Å². The van der Waals surface area contributed by atoms with Crippen LogP contribution in [0.15, 0.2) is 54.7 Å². The van der Waals surface area contributed by atoms with Crippen LogP contribution in [0.3, 0.4) is 0 Å². The van der Waals surface area contributed by atoms with Gasteiger partial charge in [0.1, 0.15) is 17.0 Å². The van der Waals surface area contributed by atoms with E-state index in [2.05, 4.69) is 15.6 Å². The summed E-state index contributed by atoms with van der Waals surface area (Å²) in [5.41, 5.74) is 1.22. The molecule has 0 aliphatic heterocycles. The maximum absolute atomic E-state index is 12.4. The molecule has 10 heteroatoms. The number of esters is 1. The molecule has 0 saturated heterocycles. The van der Waals surface area contributed by atoms with Crippen LogP contribution in [0.1, 0.15) is 17.3 Å². The predicted octanol–water partition coefficient (Wildman–Crippen LogP) is 4.70. The van der Waals surface area contributed by atoms with Crippen LogP contribution in [0.25, 0.3) is 10.4 Å². The van der Waals surface area contributed by atoms with E-state index in [1.54, 1.807) is 13.0 Å². The molecule has 0 bridgehead atoms. The molecule has 0 fully saturated rings. The number of aromatic nitrogens is 1. The van der Waals surface area contributed by atoms with Gasteiger partial charge < -0.3 is 15.4 Å². The normalized spacial score (nSPS) is 10.2. The zero-order chi connectivity index (χ0) is 20.8. The molecule has 2 N–H and O–H groups in total. The van der Waals surface area contributed by atoms with Crippen LogP contribution in [0.5, 0.6) is 0 Å². The first-order valence-corrected chi connectivity index (χ1v) is 9.75. The summed E-state index contributed by atoms with van der Waals surface area (Å²) in [6.07, 6.45) is 1.13. The van der Waals surface area contributed by atoms with Gasteiger partial charge in [-0.1, -0.05) is 30.3 Å². The lowest BCUT2D eigenvalue weighted by molar-refractivity contribution is -0.385. The van der Waals surface area contributed by atoms with Crippen LogP contribution in [0.2, 0.25) is 0 Å². The molecule has 0 aliphatic rings. The van der Waals surface area contributed by atoms with Crippen LogP contribution in [-0.4, -0.2) is 27.6 Å². The lowest BCUT2D eigenvalue weighted by atomic mass is 10.1. The maximum atomic E-state index is 12.4. The number of carbonyl (C=O) groups is 1. The topological polar surface area (TPSA) is 106 Å². The summed E-state index contributed by atoms with van der Waals surface area (Å²) in [6.45, 7) is 1.99. The van der Waals surface area contributed by atoms with Crippen molar-refractivity contribution in [2.24, 2.45) is 0 Å². The number of ether oxygens (including phenoxy) is 1. The summed E-state index contributed by atoms with van der Waals surface area (Å²) in [5.74, 6) is -0.115. The van der Waals surface area contributed by atoms with Gasteiger partial charge in [-0.15, -0.1) is 11.3 Å². The standard InChI is InChI=1S/C19H16N4O4S2/c1-2-27-18(24)14-10-15(12-6-4-3-5-7-12)29-17(14)22-19(28)21-16-9-8-13(11-20-16)23(25)26/h3-11H,2H2,1H3,(H2,20,21,22,28). The second-order valence-electron chi connectivity index (χ2n) is 5.68. The van der Waals surface area contributed by atoms with E-state index < -0.39 is 10.9 Å². The minimum atomic E-state index is -0.532. The number of pyridine rings is 1. The van der Waals surface area contributed by atoms with Crippen molar-refractivity contribution in [1.29, 1.82) is 0 Å². The molecule has 0 radical (unpaired) electrons. The van der Waals surface area contributed by atoms with Crippen LogP contribution < -0.4 is 10.6 Å². The number of hydrogen-bond donors (Lipinski definition) is 2. The molecular weight excluding hydrogens is 412 g/mol. The average Bonchev–Trinajstić information content (AvgIpc) is 3.13. The van der Waals surface area contributed by atoms with Gasteiger partial charge in [-0.2, -0.15) is 0 Å². The number of nitro groups is 1. The van der Waals surface area contributed by atoms with Gasteiger partial charge >= 0.3 is 5.97 Å². The zero-order valence-corrected chi connectivity index (χ0v) is 16.9. The highest BCUT2D eigenvalue weighted by Crippen LogP contribution is 2.36. The summed E-state index contributed by atoms with van der Waals surface area (Å²) in [5, 5.41) is 17.3. The van der Waals surface area contributed by atoms with Gasteiger partial charge in [0.05, 0.1) is 17.1 Å². The molecule has 148 valence electrons. The van der Waals surface area contributed by atoms with Gasteiger partial charge in [-0.05, 0) is 36.8 Å². The van der Waals surface area contributed by atoms with Crippen LogP contribution in [0, 0.1) is 10.1 Å². The third-order valence-corrected chi connectivity index (χ3v) is 5.02. The largest absolute Gasteiger partial charge is 0.462 e. The molecule has 0 atom stereocenters. The van der Waals surface area contributed by atoms with Crippen molar-refractivity contribution in [1.82, 2.24) is 4.98 Å². The highest BCUT2D eigenvalue weighted by atomic mass is 32.1.